The Morgan fingerprint density at radius 2 is 2.19 bits per heavy atom. The van der Waals surface area contributed by atoms with Crippen LogP contribution >= 0.6 is 11.8 Å². The number of nitrogens with one attached hydrogen (secondary N) is 1. The van der Waals surface area contributed by atoms with Crippen LogP contribution in [-0.4, -0.2) is 41.1 Å². The molecule has 1 unspecified atom stereocenters. The molecule has 2 aliphatic rings. The smallest absolute Gasteiger partial charge is 0.241 e. The van der Waals surface area contributed by atoms with Gasteiger partial charge in [-0.15, -0.1) is 0 Å². The van der Waals surface area contributed by atoms with Gasteiger partial charge < -0.3 is 4.90 Å². The predicted molar refractivity (Wildman–Crippen MR) is 68.5 cm³/mol. The summed E-state index contributed by atoms with van der Waals surface area (Å²) in [4.78, 5) is 14.3. The van der Waals surface area contributed by atoms with Crippen LogP contribution in [0.25, 0.3) is 0 Å². The zero-order valence-corrected chi connectivity index (χ0v) is 10.9. The van der Waals surface area contributed by atoms with Gasteiger partial charge in [-0.05, 0) is 30.8 Å². The van der Waals surface area contributed by atoms with Crippen LogP contribution in [0.4, 0.5) is 0 Å². The van der Waals surface area contributed by atoms with Crippen molar-refractivity contribution in [2.24, 2.45) is 0 Å². The van der Waals surface area contributed by atoms with Crippen molar-refractivity contribution >= 4 is 17.7 Å². The van der Waals surface area contributed by atoms with E-state index in [1.165, 1.54) is 30.8 Å². The number of rotatable bonds is 4. The number of amides is 1. The Morgan fingerprint density at radius 3 is 2.88 bits per heavy atom. The molecule has 0 saturated carbocycles. The lowest BCUT2D eigenvalue weighted by molar-refractivity contribution is -0.131. The Labute approximate surface area is 102 Å². The molecule has 2 rings (SSSR count). The molecule has 2 aliphatic heterocycles. The Kier molecular flexibility index (Phi) is 4.53. The minimum absolute atomic E-state index is 0.106. The summed E-state index contributed by atoms with van der Waals surface area (Å²) in [5.74, 6) is 2.78. The van der Waals surface area contributed by atoms with Gasteiger partial charge >= 0.3 is 0 Å². The highest BCUT2D eigenvalue weighted by Crippen LogP contribution is 2.24. The fourth-order valence-electron chi connectivity index (χ4n) is 2.51. The third-order valence-electron chi connectivity index (χ3n) is 3.57. The van der Waals surface area contributed by atoms with E-state index in [9.17, 15) is 4.79 Å². The van der Waals surface area contributed by atoms with Crippen LogP contribution < -0.4 is 5.32 Å². The molecule has 3 nitrogen and oxygen atoms in total. The molecule has 0 bridgehead atoms. The molecular formula is C12H22N2OS. The first-order chi connectivity index (χ1) is 7.83. The third kappa shape index (κ3) is 2.72. The molecule has 0 aromatic carbocycles. The molecule has 0 spiro atoms. The quantitative estimate of drug-likeness (QED) is 0.816. The van der Waals surface area contributed by atoms with Crippen molar-refractivity contribution in [1.82, 2.24) is 10.2 Å². The minimum Gasteiger partial charge on any atom is -0.326 e. The van der Waals surface area contributed by atoms with Crippen LogP contribution in [-0.2, 0) is 4.79 Å². The third-order valence-corrected chi connectivity index (χ3v) is 4.62. The van der Waals surface area contributed by atoms with E-state index in [0.717, 1.165) is 19.5 Å². The number of hydrogen-bond acceptors (Lipinski definition) is 3. The second-order valence-corrected chi connectivity index (χ2v) is 5.93. The monoisotopic (exact) mass is 242 g/mol. The van der Waals surface area contributed by atoms with Crippen LogP contribution in [0.3, 0.4) is 0 Å². The molecule has 2 heterocycles. The van der Waals surface area contributed by atoms with Crippen LogP contribution in [0.1, 0.15) is 39.0 Å². The van der Waals surface area contributed by atoms with Crippen molar-refractivity contribution < 1.29 is 4.79 Å². The summed E-state index contributed by atoms with van der Waals surface area (Å²) < 4.78 is 0. The van der Waals surface area contributed by atoms with Crippen molar-refractivity contribution in [2.75, 3.05) is 18.2 Å². The van der Waals surface area contributed by atoms with Gasteiger partial charge in [-0.2, -0.15) is 11.8 Å². The van der Waals surface area contributed by atoms with Crippen molar-refractivity contribution in [3.63, 3.8) is 0 Å². The summed E-state index contributed by atoms with van der Waals surface area (Å²) in [6.45, 7) is 2.96. The molecule has 0 aromatic heterocycles. The summed E-state index contributed by atoms with van der Waals surface area (Å²) in [6.07, 6.45) is 5.69. The Bertz CT molecular complexity index is 241. The van der Waals surface area contributed by atoms with Crippen molar-refractivity contribution in [3.05, 3.63) is 0 Å². The van der Waals surface area contributed by atoms with Crippen molar-refractivity contribution in [2.45, 2.75) is 51.1 Å². The first kappa shape index (κ1) is 12.2. The topological polar surface area (TPSA) is 32.3 Å². The van der Waals surface area contributed by atoms with E-state index in [1.807, 2.05) is 11.8 Å². The van der Waals surface area contributed by atoms with E-state index in [1.54, 1.807) is 0 Å². The van der Waals surface area contributed by atoms with Crippen LogP contribution in [0, 0.1) is 0 Å². The highest BCUT2D eigenvalue weighted by molar-refractivity contribution is 7.99. The molecule has 16 heavy (non-hydrogen) atoms. The molecule has 0 aromatic rings. The highest BCUT2D eigenvalue weighted by atomic mass is 32.2. The van der Waals surface area contributed by atoms with Gasteiger partial charge in [-0.3, -0.25) is 10.1 Å². The molecule has 2 saturated heterocycles. The highest BCUT2D eigenvalue weighted by Gasteiger charge is 2.35. The van der Waals surface area contributed by atoms with E-state index in [4.69, 9.17) is 0 Å². The second-order valence-electron chi connectivity index (χ2n) is 4.71. The molecule has 1 atom stereocenters. The Morgan fingerprint density at radius 1 is 1.44 bits per heavy atom. The SMILES string of the molecule is CCCCC1NCN(C2CCSCC2)C1=O. The summed E-state index contributed by atoms with van der Waals surface area (Å²) in [7, 11) is 0. The van der Waals surface area contributed by atoms with E-state index in [2.05, 4.69) is 17.1 Å². The maximum Gasteiger partial charge on any atom is 0.241 e. The molecule has 4 heteroatoms. The number of unbranched alkanes of at least 4 members (excludes halogenated alkanes) is 1. The summed E-state index contributed by atoms with van der Waals surface area (Å²) in [6, 6.07) is 0.613. The first-order valence-corrected chi connectivity index (χ1v) is 7.60. The van der Waals surface area contributed by atoms with Crippen molar-refractivity contribution in [3.8, 4) is 0 Å². The maximum atomic E-state index is 12.2. The van der Waals surface area contributed by atoms with E-state index >= 15 is 0 Å². The van der Waals surface area contributed by atoms with Gasteiger partial charge in [0.1, 0.15) is 0 Å². The molecule has 1 N–H and O–H groups in total. The maximum absolute atomic E-state index is 12.2. The van der Waals surface area contributed by atoms with Crippen LogP contribution in [0.2, 0.25) is 0 Å². The lowest BCUT2D eigenvalue weighted by Gasteiger charge is -2.30. The fraction of sp³-hybridized carbons (Fsp3) is 0.917. The molecule has 0 aliphatic carbocycles. The number of nitrogens with zero attached hydrogens (tertiary/aromatic N) is 1. The average Bonchev–Trinajstić information content (AvgIpc) is 2.69. The van der Waals surface area contributed by atoms with Gasteiger partial charge in [0.15, 0.2) is 0 Å². The molecular weight excluding hydrogens is 220 g/mol. The molecule has 1 amide bonds. The second kappa shape index (κ2) is 5.92. The lowest BCUT2D eigenvalue weighted by Crippen LogP contribution is -2.40. The molecule has 2 fully saturated rings. The number of hydrogen-bond donors (Lipinski definition) is 1. The van der Waals surface area contributed by atoms with Gasteiger partial charge in [0.25, 0.3) is 0 Å². The van der Waals surface area contributed by atoms with E-state index < -0.39 is 0 Å². The van der Waals surface area contributed by atoms with Crippen molar-refractivity contribution in [1.29, 1.82) is 0 Å². The molecule has 0 radical (unpaired) electrons. The first-order valence-electron chi connectivity index (χ1n) is 6.44. The van der Waals surface area contributed by atoms with Gasteiger partial charge in [0.05, 0.1) is 12.7 Å². The minimum atomic E-state index is 0.106. The summed E-state index contributed by atoms with van der Waals surface area (Å²) in [5.41, 5.74) is 0. The molecule has 92 valence electrons. The predicted octanol–water partition coefficient (Wildman–Crippen LogP) is 1.83. The van der Waals surface area contributed by atoms with Gasteiger partial charge in [-0.1, -0.05) is 19.8 Å². The Hall–Kier alpha value is -0.220. The summed E-state index contributed by atoms with van der Waals surface area (Å²) >= 11 is 2.01. The van der Waals surface area contributed by atoms with Gasteiger partial charge in [-0.25, -0.2) is 0 Å². The normalized spacial score (nSPS) is 27.7. The standard InChI is InChI=1S/C12H22N2OS/c1-2-3-4-11-12(15)14(9-13-11)10-5-7-16-8-6-10/h10-11,13H,2-9H2,1H3. The largest absolute Gasteiger partial charge is 0.326 e. The summed E-state index contributed by atoms with van der Waals surface area (Å²) in [5, 5.41) is 3.36. The number of carbonyl (C=O) groups excluding carboxylic acids is 1. The Balaban J connectivity index is 1.85. The average molecular weight is 242 g/mol. The van der Waals surface area contributed by atoms with Crippen LogP contribution in [0.15, 0.2) is 0 Å². The lowest BCUT2D eigenvalue weighted by atomic mass is 10.1. The van der Waals surface area contributed by atoms with Crippen LogP contribution in [0.5, 0.6) is 0 Å². The van der Waals surface area contributed by atoms with E-state index in [-0.39, 0.29) is 6.04 Å². The fourth-order valence-corrected chi connectivity index (χ4v) is 3.60. The zero-order valence-electron chi connectivity index (χ0n) is 10.1. The van der Waals surface area contributed by atoms with E-state index in [0.29, 0.717) is 11.9 Å². The van der Waals surface area contributed by atoms with Gasteiger partial charge in [0.2, 0.25) is 5.91 Å². The number of thioether (sulfide) groups is 1. The number of carbonyl (C=O) groups is 1. The zero-order chi connectivity index (χ0) is 11.4. The van der Waals surface area contributed by atoms with Gasteiger partial charge in [0, 0.05) is 6.04 Å².